The molecule has 0 radical (unpaired) electrons. The maximum absolute atomic E-state index is 10.3. The number of aromatic nitrogens is 6. The minimum atomic E-state index is -1.01. The number of anilines is 3. The van der Waals surface area contributed by atoms with Crippen LogP contribution in [0.1, 0.15) is 32.9 Å². The summed E-state index contributed by atoms with van der Waals surface area (Å²) < 4.78 is 7.78. The van der Waals surface area contributed by atoms with Gasteiger partial charge in [-0.1, -0.05) is 0 Å². The summed E-state index contributed by atoms with van der Waals surface area (Å²) in [5.74, 6) is 2.40. The molecule has 5 rings (SSSR count). The number of hydrogen-bond donors (Lipinski definition) is 3. The van der Waals surface area contributed by atoms with Crippen molar-refractivity contribution in [2.75, 3.05) is 17.2 Å². The second-order valence-corrected chi connectivity index (χ2v) is 9.63. The first-order valence-corrected chi connectivity index (χ1v) is 11.9. The molecule has 4 aromatic heterocycles. The third kappa shape index (κ3) is 4.44. The fraction of sp³-hybridized carbons (Fsp3) is 0.348. The second-order valence-electron chi connectivity index (χ2n) is 8.77. The van der Waals surface area contributed by atoms with Gasteiger partial charge in [0.1, 0.15) is 27.8 Å². The highest BCUT2D eigenvalue weighted by Crippen LogP contribution is 2.35. The monoisotopic (exact) mass is 478 g/mol. The number of nitrogens with zero attached hydrogens (tertiary/aromatic N) is 6. The Bertz CT molecular complexity index is 1330. The van der Waals surface area contributed by atoms with Crippen LogP contribution >= 0.6 is 11.3 Å². The largest absolute Gasteiger partial charge is 0.477 e. The molecule has 1 atom stereocenters. The molecule has 3 N–H and O–H groups in total. The fourth-order valence-corrected chi connectivity index (χ4v) is 4.61. The van der Waals surface area contributed by atoms with Crippen molar-refractivity contribution in [1.82, 2.24) is 29.7 Å². The van der Waals surface area contributed by atoms with Crippen LogP contribution in [0.5, 0.6) is 5.88 Å². The van der Waals surface area contributed by atoms with Gasteiger partial charge in [-0.15, -0.1) is 11.3 Å². The van der Waals surface area contributed by atoms with Crippen molar-refractivity contribution in [2.24, 2.45) is 7.05 Å². The lowest BCUT2D eigenvalue weighted by molar-refractivity contribution is 0.0746. The van der Waals surface area contributed by atoms with Crippen LogP contribution in [0.25, 0.3) is 22.0 Å². The first-order chi connectivity index (χ1) is 16.3. The number of fused-ring (bicyclic) bond motifs is 6. The third-order valence-corrected chi connectivity index (χ3v) is 6.37. The van der Waals surface area contributed by atoms with Crippen molar-refractivity contribution in [3.05, 3.63) is 41.8 Å². The highest BCUT2D eigenvalue weighted by molar-refractivity contribution is 7.13. The molecule has 34 heavy (non-hydrogen) atoms. The Balaban J connectivity index is 1.55. The van der Waals surface area contributed by atoms with Gasteiger partial charge in [0.2, 0.25) is 5.88 Å². The van der Waals surface area contributed by atoms with Gasteiger partial charge in [0.05, 0.1) is 24.1 Å². The Morgan fingerprint density at radius 3 is 2.82 bits per heavy atom. The van der Waals surface area contributed by atoms with Crippen molar-refractivity contribution in [3.63, 3.8) is 0 Å². The minimum absolute atomic E-state index is 0.108. The van der Waals surface area contributed by atoms with Gasteiger partial charge in [-0.3, -0.25) is 0 Å². The predicted molar refractivity (Wildman–Crippen MR) is 131 cm³/mol. The van der Waals surface area contributed by atoms with Crippen LogP contribution in [0.15, 0.2) is 36.1 Å². The van der Waals surface area contributed by atoms with E-state index in [-0.39, 0.29) is 6.04 Å². The van der Waals surface area contributed by atoms with Crippen LogP contribution in [0.4, 0.5) is 17.3 Å². The van der Waals surface area contributed by atoms with E-state index in [0.29, 0.717) is 35.6 Å². The summed E-state index contributed by atoms with van der Waals surface area (Å²) in [6.45, 7) is 6.05. The topological polar surface area (TPSA) is 123 Å². The molecule has 1 aliphatic heterocycles. The van der Waals surface area contributed by atoms with E-state index >= 15 is 0 Å². The number of hydrogen-bond acceptors (Lipinski definition) is 10. The van der Waals surface area contributed by atoms with E-state index in [2.05, 4.69) is 42.6 Å². The Hall–Kier alpha value is -3.57. The average molecular weight is 479 g/mol. The molecule has 5 heterocycles. The zero-order valence-electron chi connectivity index (χ0n) is 19.4. The molecule has 0 unspecified atom stereocenters. The van der Waals surface area contributed by atoms with Crippen molar-refractivity contribution in [1.29, 1.82) is 0 Å². The van der Waals surface area contributed by atoms with E-state index in [9.17, 15) is 5.11 Å². The molecule has 0 saturated carbocycles. The molecular formula is C23H26N8O2S. The molecule has 10 nitrogen and oxygen atoms in total. The van der Waals surface area contributed by atoms with Gasteiger partial charge in [-0.25, -0.2) is 24.6 Å². The van der Waals surface area contributed by atoms with E-state index in [4.69, 9.17) is 4.74 Å². The van der Waals surface area contributed by atoms with Crippen molar-refractivity contribution < 1.29 is 9.84 Å². The minimum Gasteiger partial charge on any atom is -0.477 e. The van der Waals surface area contributed by atoms with Crippen molar-refractivity contribution in [2.45, 2.75) is 38.8 Å². The van der Waals surface area contributed by atoms with Gasteiger partial charge in [0.25, 0.3) is 0 Å². The van der Waals surface area contributed by atoms with Crippen molar-refractivity contribution >= 4 is 28.7 Å². The number of nitrogens with one attached hydrogen (secondary N) is 2. The van der Waals surface area contributed by atoms with Crippen LogP contribution in [0, 0.1) is 0 Å². The standard InChI is InChI=1S/C23H26N8O2S/c1-13-6-8-33-22-15(11-26-31(22)4)20-24-7-5-18(30-20)29-19-9-16(27-13)14(10-25-19)21-28-17(12-34-21)23(2,3)32/h5,7,9-13,27,32H,6,8H2,1-4H3,(H,24,25,29,30)/t13-/m0/s1. The summed E-state index contributed by atoms with van der Waals surface area (Å²) in [6, 6.07) is 3.84. The molecule has 176 valence electrons. The molecule has 4 bridgehead atoms. The summed E-state index contributed by atoms with van der Waals surface area (Å²) in [7, 11) is 1.84. The normalized spacial score (nSPS) is 16.0. The number of aliphatic hydroxyl groups is 1. The maximum Gasteiger partial charge on any atom is 0.222 e. The van der Waals surface area contributed by atoms with Crippen LogP contribution in [-0.2, 0) is 12.6 Å². The molecular weight excluding hydrogens is 452 g/mol. The highest BCUT2D eigenvalue weighted by Gasteiger charge is 2.22. The summed E-state index contributed by atoms with van der Waals surface area (Å²) in [5, 5.41) is 24.2. The Labute approximate surface area is 201 Å². The number of rotatable bonds is 2. The van der Waals surface area contributed by atoms with E-state index < -0.39 is 5.60 Å². The van der Waals surface area contributed by atoms with Crippen LogP contribution < -0.4 is 15.4 Å². The lowest BCUT2D eigenvalue weighted by atomic mass is 10.1. The highest BCUT2D eigenvalue weighted by atomic mass is 32.1. The Kier molecular flexibility index (Phi) is 5.66. The number of pyridine rings is 1. The van der Waals surface area contributed by atoms with E-state index in [1.807, 2.05) is 18.5 Å². The van der Waals surface area contributed by atoms with E-state index in [1.54, 1.807) is 43.2 Å². The predicted octanol–water partition coefficient (Wildman–Crippen LogP) is 3.95. The fourth-order valence-electron chi connectivity index (χ4n) is 3.60. The average Bonchev–Trinajstić information content (AvgIpc) is 3.41. The molecule has 0 fully saturated rings. The first-order valence-electron chi connectivity index (χ1n) is 11.0. The molecule has 0 saturated heterocycles. The summed E-state index contributed by atoms with van der Waals surface area (Å²) in [4.78, 5) is 18.3. The summed E-state index contributed by atoms with van der Waals surface area (Å²) >= 11 is 1.48. The number of ether oxygens (including phenoxy) is 1. The quantitative estimate of drug-likeness (QED) is 0.393. The molecule has 4 aromatic rings. The smallest absolute Gasteiger partial charge is 0.222 e. The van der Waals surface area contributed by atoms with Crippen LogP contribution in [-0.4, -0.2) is 47.5 Å². The lowest BCUT2D eigenvalue weighted by Gasteiger charge is -2.19. The lowest BCUT2D eigenvalue weighted by Crippen LogP contribution is -2.20. The molecule has 1 aliphatic rings. The van der Waals surface area contributed by atoms with Crippen LogP contribution in [0.3, 0.4) is 0 Å². The molecule has 0 aliphatic carbocycles. The maximum atomic E-state index is 10.3. The zero-order valence-corrected chi connectivity index (χ0v) is 20.2. The molecule has 0 aromatic carbocycles. The van der Waals surface area contributed by atoms with Gasteiger partial charge in [-0.2, -0.15) is 5.10 Å². The van der Waals surface area contributed by atoms with Gasteiger partial charge in [0, 0.05) is 49.0 Å². The van der Waals surface area contributed by atoms with Gasteiger partial charge in [0.15, 0.2) is 5.82 Å². The Morgan fingerprint density at radius 2 is 2.03 bits per heavy atom. The van der Waals surface area contributed by atoms with Crippen molar-refractivity contribution in [3.8, 4) is 27.8 Å². The summed E-state index contributed by atoms with van der Waals surface area (Å²) in [5.41, 5.74) is 2.10. The summed E-state index contributed by atoms with van der Waals surface area (Å²) in [6.07, 6.45) is 5.94. The van der Waals surface area contributed by atoms with E-state index in [0.717, 1.165) is 28.2 Å². The zero-order chi connectivity index (χ0) is 23.9. The third-order valence-electron chi connectivity index (χ3n) is 5.49. The van der Waals surface area contributed by atoms with Gasteiger partial charge < -0.3 is 20.5 Å². The molecule has 0 amide bonds. The van der Waals surface area contributed by atoms with Crippen LogP contribution in [0.2, 0.25) is 0 Å². The number of thiazole rings is 1. The van der Waals surface area contributed by atoms with Gasteiger partial charge in [-0.05, 0) is 26.8 Å². The second kappa shape index (κ2) is 8.65. The molecule has 11 heteroatoms. The SMILES string of the molecule is C[C@H]1CCOc2c(cnn2C)-c2nccc(n2)Nc2cc(c(-c3nc(C(C)(C)O)cs3)cn2)N1. The number of aryl methyl sites for hydroxylation is 1. The van der Waals surface area contributed by atoms with E-state index in [1.165, 1.54) is 11.3 Å². The first kappa shape index (κ1) is 22.2. The Morgan fingerprint density at radius 1 is 1.18 bits per heavy atom. The van der Waals surface area contributed by atoms with Gasteiger partial charge >= 0.3 is 0 Å². The molecule has 0 spiro atoms.